The quantitative estimate of drug-likeness (QED) is 0.440. The van der Waals surface area contributed by atoms with Crippen molar-refractivity contribution in [3.8, 4) is 5.75 Å². The van der Waals surface area contributed by atoms with Gasteiger partial charge in [-0.25, -0.2) is 0 Å². The highest BCUT2D eigenvalue weighted by molar-refractivity contribution is 5.97. The van der Waals surface area contributed by atoms with Crippen LogP contribution in [0.1, 0.15) is 23.2 Å². The molecule has 0 radical (unpaired) electrons. The minimum atomic E-state index is -0.606. The second-order valence-electron chi connectivity index (χ2n) is 3.62. The van der Waals surface area contributed by atoms with E-state index in [0.717, 1.165) is 0 Å². The summed E-state index contributed by atoms with van der Waals surface area (Å²) in [5.74, 6) is -0.658. The van der Waals surface area contributed by atoms with Crippen molar-refractivity contribution in [2.45, 2.75) is 12.8 Å². The number of anilines is 1. The smallest absolute Gasteiger partial charge is 0.305 e. The lowest BCUT2D eigenvalue weighted by Crippen LogP contribution is -2.14. The van der Waals surface area contributed by atoms with Gasteiger partial charge < -0.3 is 20.9 Å². The van der Waals surface area contributed by atoms with Crippen LogP contribution in [0.5, 0.6) is 5.75 Å². The summed E-state index contributed by atoms with van der Waals surface area (Å²) in [5, 5.41) is 0. The Morgan fingerprint density at radius 3 is 2.67 bits per heavy atom. The number of hydrogen-bond acceptors (Lipinski definition) is 5. The standard InChI is InChI=1S/C12H16N2O4/c1-17-10(15)6-3-7-18-11-8(12(14)16)4-2-5-9(11)13/h2,4-5H,3,6-7,13H2,1H3,(H2,14,16). The number of esters is 1. The van der Waals surface area contributed by atoms with Gasteiger partial charge in [0.15, 0.2) is 5.75 Å². The largest absolute Gasteiger partial charge is 0.491 e. The SMILES string of the molecule is COC(=O)CCCOc1c(N)cccc1C(N)=O. The molecule has 0 aliphatic rings. The van der Waals surface area contributed by atoms with Crippen LogP contribution >= 0.6 is 0 Å². The van der Waals surface area contributed by atoms with Gasteiger partial charge >= 0.3 is 5.97 Å². The summed E-state index contributed by atoms with van der Waals surface area (Å²) < 4.78 is 9.89. The summed E-state index contributed by atoms with van der Waals surface area (Å²) in [6.07, 6.45) is 0.717. The number of primary amides is 1. The van der Waals surface area contributed by atoms with Gasteiger partial charge in [-0.05, 0) is 18.6 Å². The normalized spacial score (nSPS) is 9.83. The first-order chi connectivity index (χ1) is 8.56. The molecule has 98 valence electrons. The average Bonchev–Trinajstić information content (AvgIpc) is 2.35. The second kappa shape index (κ2) is 6.48. The maximum atomic E-state index is 11.2. The van der Waals surface area contributed by atoms with Crippen LogP contribution in [0.3, 0.4) is 0 Å². The summed E-state index contributed by atoms with van der Waals surface area (Å²) in [6, 6.07) is 4.77. The Hall–Kier alpha value is -2.24. The fourth-order valence-corrected chi connectivity index (χ4v) is 1.40. The molecule has 0 bridgehead atoms. The monoisotopic (exact) mass is 252 g/mol. The number of hydrogen-bond donors (Lipinski definition) is 2. The molecule has 0 spiro atoms. The number of carbonyl (C=O) groups excluding carboxylic acids is 2. The Labute approximate surface area is 105 Å². The van der Waals surface area contributed by atoms with E-state index in [1.807, 2.05) is 0 Å². The Morgan fingerprint density at radius 1 is 1.33 bits per heavy atom. The maximum absolute atomic E-state index is 11.2. The number of nitrogen functional groups attached to an aromatic ring is 1. The molecule has 18 heavy (non-hydrogen) atoms. The Morgan fingerprint density at radius 2 is 2.06 bits per heavy atom. The van der Waals surface area contributed by atoms with Crippen LogP contribution in [-0.2, 0) is 9.53 Å². The molecule has 1 amide bonds. The highest BCUT2D eigenvalue weighted by atomic mass is 16.5. The summed E-state index contributed by atoms with van der Waals surface area (Å²) in [6.45, 7) is 0.254. The fraction of sp³-hybridized carbons (Fsp3) is 0.333. The lowest BCUT2D eigenvalue weighted by Gasteiger charge is -2.11. The Bertz CT molecular complexity index is 446. The van der Waals surface area contributed by atoms with Crippen LogP contribution in [-0.4, -0.2) is 25.6 Å². The Balaban J connectivity index is 2.61. The van der Waals surface area contributed by atoms with E-state index in [0.29, 0.717) is 12.1 Å². The molecular formula is C12H16N2O4. The summed E-state index contributed by atoms with van der Waals surface area (Å²) in [4.78, 5) is 22.1. The number of amides is 1. The lowest BCUT2D eigenvalue weighted by molar-refractivity contribution is -0.140. The van der Waals surface area contributed by atoms with E-state index in [2.05, 4.69) is 4.74 Å². The van der Waals surface area contributed by atoms with Crippen LogP contribution in [0.15, 0.2) is 18.2 Å². The molecule has 0 saturated heterocycles. The van der Waals surface area contributed by atoms with E-state index < -0.39 is 5.91 Å². The molecule has 0 heterocycles. The van der Waals surface area contributed by atoms with E-state index in [9.17, 15) is 9.59 Å². The number of methoxy groups -OCH3 is 1. The zero-order valence-electron chi connectivity index (χ0n) is 10.1. The maximum Gasteiger partial charge on any atom is 0.305 e. The summed E-state index contributed by atoms with van der Waals surface area (Å²) in [5.41, 5.74) is 11.5. The van der Waals surface area contributed by atoms with Gasteiger partial charge in [0.25, 0.3) is 5.91 Å². The number of carbonyl (C=O) groups is 2. The molecule has 0 aliphatic carbocycles. The van der Waals surface area contributed by atoms with E-state index in [-0.39, 0.29) is 30.3 Å². The van der Waals surface area contributed by atoms with Crippen molar-refractivity contribution in [2.75, 3.05) is 19.5 Å². The molecule has 1 rings (SSSR count). The minimum Gasteiger partial charge on any atom is -0.491 e. The first kappa shape index (κ1) is 13.8. The minimum absolute atomic E-state index is 0.230. The van der Waals surface area contributed by atoms with Gasteiger partial charge in [0, 0.05) is 6.42 Å². The number of rotatable bonds is 6. The third-order valence-electron chi connectivity index (χ3n) is 2.31. The molecule has 6 nitrogen and oxygen atoms in total. The molecule has 1 aromatic rings. The molecule has 0 aliphatic heterocycles. The zero-order chi connectivity index (χ0) is 13.5. The number of nitrogens with two attached hydrogens (primary N) is 2. The van der Waals surface area contributed by atoms with Gasteiger partial charge in [0.2, 0.25) is 0 Å². The molecule has 0 fully saturated rings. The lowest BCUT2D eigenvalue weighted by atomic mass is 10.1. The van der Waals surface area contributed by atoms with Crippen molar-refractivity contribution in [2.24, 2.45) is 5.73 Å². The zero-order valence-corrected chi connectivity index (χ0v) is 10.1. The van der Waals surface area contributed by atoms with Crippen LogP contribution in [0.25, 0.3) is 0 Å². The highest BCUT2D eigenvalue weighted by Gasteiger charge is 2.12. The molecule has 1 aromatic carbocycles. The number of para-hydroxylation sites is 1. The molecule has 0 atom stereocenters. The average molecular weight is 252 g/mol. The van der Waals surface area contributed by atoms with Crippen molar-refractivity contribution in [1.82, 2.24) is 0 Å². The summed E-state index contributed by atoms with van der Waals surface area (Å²) in [7, 11) is 1.32. The number of benzene rings is 1. The third kappa shape index (κ3) is 3.65. The Kier molecular flexibility index (Phi) is 4.98. The van der Waals surface area contributed by atoms with Crippen LogP contribution in [0.4, 0.5) is 5.69 Å². The predicted molar refractivity (Wildman–Crippen MR) is 66.1 cm³/mol. The van der Waals surface area contributed by atoms with E-state index in [1.165, 1.54) is 13.2 Å². The van der Waals surface area contributed by atoms with Crippen LogP contribution in [0.2, 0.25) is 0 Å². The first-order valence-corrected chi connectivity index (χ1v) is 5.44. The topological polar surface area (TPSA) is 105 Å². The molecular weight excluding hydrogens is 236 g/mol. The van der Waals surface area contributed by atoms with Crippen LogP contribution < -0.4 is 16.2 Å². The first-order valence-electron chi connectivity index (χ1n) is 5.44. The molecule has 0 saturated carbocycles. The van der Waals surface area contributed by atoms with Gasteiger partial charge in [-0.2, -0.15) is 0 Å². The number of ether oxygens (including phenoxy) is 2. The molecule has 4 N–H and O–H groups in total. The third-order valence-corrected chi connectivity index (χ3v) is 2.31. The summed E-state index contributed by atoms with van der Waals surface area (Å²) >= 11 is 0. The van der Waals surface area contributed by atoms with E-state index in [1.54, 1.807) is 12.1 Å². The van der Waals surface area contributed by atoms with Gasteiger partial charge in [0.1, 0.15) is 0 Å². The van der Waals surface area contributed by atoms with Gasteiger partial charge in [-0.3, -0.25) is 9.59 Å². The molecule has 0 unspecified atom stereocenters. The van der Waals surface area contributed by atoms with E-state index >= 15 is 0 Å². The molecule has 0 aromatic heterocycles. The second-order valence-corrected chi connectivity index (χ2v) is 3.62. The van der Waals surface area contributed by atoms with E-state index in [4.69, 9.17) is 16.2 Å². The van der Waals surface area contributed by atoms with Crippen molar-refractivity contribution in [3.05, 3.63) is 23.8 Å². The van der Waals surface area contributed by atoms with Crippen molar-refractivity contribution >= 4 is 17.6 Å². The van der Waals surface area contributed by atoms with Gasteiger partial charge in [-0.1, -0.05) is 6.07 Å². The van der Waals surface area contributed by atoms with Crippen LogP contribution in [0, 0.1) is 0 Å². The van der Waals surface area contributed by atoms with Gasteiger partial charge in [-0.15, -0.1) is 0 Å². The highest BCUT2D eigenvalue weighted by Crippen LogP contribution is 2.26. The van der Waals surface area contributed by atoms with Gasteiger partial charge in [0.05, 0.1) is 25.0 Å². The fourth-order valence-electron chi connectivity index (χ4n) is 1.40. The van der Waals surface area contributed by atoms with Crippen molar-refractivity contribution < 1.29 is 19.1 Å². The molecule has 6 heteroatoms. The predicted octanol–water partition coefficient (Wildman–Crippen LogP) is 0.700. The van der Waals surface area contributed by atoms with Crippen molar-refractivity contribution in [3.63, 3.8) is 0 Å². The van der Waals surface area contributed by atoms with Crippen molar-refractivity contribution in [1.29, 1.82) is 0 Å².